The summed E-state index contributed by atoms with van der Waals surface area (Å²) in [5, 5.41) is 2.64. The van der Waals surface area contributed by atoms with Crippen molar-refractivity contribution in [1.82, 2.24) is 19.9 Å². The molecule has 4 aromatic carbocycles. The standard InChI is InChI=1S/C44H26Cl4N4/c45-29-9-1-25(2-10-29)41-33-17-19-35(49-33)42(26-3-11-30(46)12-4-26)37-21-23-39(51-37)44(28-7-15-32(48)16-8-28)40-24-22-38(52-40)43(36-20-18-34(41)50-36)27-5-13-31(47)14-6-27/h1-24,49-50H. The van der Waals surface area contributed by atoms with Gasteiger partial charge in [-0.15, -0.1) is 0 Å². The summed E-state index contributed by atoms with van der Waals surface area (Å²) in [4.78, 5) is 18.1. The Bertz CT molecular complexity index is 2600. The van der Waals surface area contributed by atoms with Crippen molar-refractivity contribution in [2.45, 2.75) is 0 Å². The third-order valence-electron chi connectivity index (χ3n) is 9.29. The Balaban J connectivity index is 1.47. The second kappa shape index (κ2) is 13.3. The first kappa shape index (κ1) is 32.5. The van der Waals surface area contributed by atoms with Gasteiger partial charge in [-0.3, -0.25) is 0 Å². The molecule has 5 heterocycles. The zero-order valence-electron chi connectivity index (χ0n) is 27.3. The van der Waals surface area contributed by atoms with E-state index in [1.54, 1.807) is 0 Å². The molecule has 0 atom stereocenters. The van der Waals surface area contributed by atoms with Crippen LogP contribution >= 0.6 is 46.4 Å². The quantitative estimate of drug-likeness (QED) is 0.188. The molecule has 52 heavy (non-hydrogen) atoms. The molecule has 0 fully saturated rings. The molecule has 9 rings (SSSR count). The summed E-state index contributed by atoms with van der Waals surface area (Å²) >= 11 is 25.5. The Hall–Kier alpha value is -5.36. The van der Waals surface area contributed by atoms with Gasteiger partial charge in [0.25, 0.3) is 0 Å². The van der Waals surface area contributed by atoms with Crippen LogP contribution in [0.5, 0.6) is 0 Å². The first-order valence-electron chi connectivity index (χ1n) is 16.6. The van der Waals surface area contributed by atoms with Gasteiger partial charge in [0, 0.05) is 64.4 Å². The number of aromatic nitrogens is 4. The number of hydrogen-bond donors (Lipinski definition) is 2. The lowest BCUT2D eigenvalue weighted by Crippen LogP contribution is -1.91. The molecule has 7 aromatic rings. The molecule has 8 heteroatoms. The lowest BCUT2D eigenvalue weighted by atomic mass is 10.0. The Kier molecular flexibility index (Phi) is 8.33. The van der Waals surface area contributed by atoms with Crippen LogP contribution in [0.4, 0.5) is 0 Å². The van der Waals surface area contributed by atoms with Gasteiger partial charge in [0.05, 0.1) is 22.8 Å². The normalized spacial score (nSPS) is 12.1. The molecule has 3 aromatic heterocycles. The fraction of sp³-hybridized carbons (Fsp3) is 0. The van der Waals surface area contributed by atoms with E-state index in [-0.39, 0.29) is 0 Å². The van der Waals surface area contributed by atoms with E-state index in [2.05, 4.69) is 58.5 Å². The monoisotopic (exact) mass is 750 g/mol. The minimum absolute atomic E-state index is 0.654. The fourth-order valence-electron chi connectivity index (χ4n) is 6.89. The number of hydrogen-bond acceptors (Lipinski definition) is 2. The van der Waals surface area contributed by atoms with E-state index in [0.29, 0.717) is 20.1 Å². The van der Waals surface area contributed by atoms with Crippen LogP contribution in [-0.4, -0.2) is 19.9 Å². The summed E-state index contributed by atoms with van der Waals surface area (Å²) in [6.07, 6.45) is 8.22. The maximum absolute atomic E-state index is 6.37. The number of benzene rings is 4. The third-order valence-corrected chi connectivity index (χ3v) is 10.3. The van der Waals surface area contributed by atoms with Crippen molar-refractivity contribution in [3.05, 3.63) is 164 Å². The molecule has 0 saturated carbocycles. The van der Waals surface area contributed by atoms with Crippen LogP contribution in [0.2, 0.25) is 20.1 Å². The van der Waals surface area contributed by atoms with Crippen molar-refractivity contribution in [3.8, 4) is 44.5 Å². The first-order chi connectivity index (χ1) is 25.4. The first-order valence-corrected chi connectivity index (χ1v) is 18.1. The summed E-state index contributed by atoms with van der Waals surface area (Å²) in [5.74, 6) is 0. The molecule has 0 saturated heterocycles. The largest absolute Gasteiger partial charge is 0.354 e. The number of halogens is 4. The lowest BCUT2D eigenvalue weighted by Gasteiger charge is -2.07. The van der Waals surface area contributed by atoms with Gasteiger partial charge in [-0.25, -0.2) is 9.97 Å². The Morgan fingerprint density at radius 3 is 0.865 bits per heavy atom. The van der Waals surface area contributed by atoms with Crippen LogP contribution in [0, 0.1) is 0 Å². The van der Waals surface area contributed by atoms with Gasteiger partial charge in [-0.05, 0) is 119 Å². The number of H-pyrrole nitrogens is 2. The molecule has 2 aliphatic rings. The number of fused-ring (bicyclic) bond motifs is 8. The molecular weight excluding hydrogens is 726 g/mol. The van der Waals surface area contributed by atoms with Crippen molar-refractivity contribution in [2.24, 2.45) is 0 Å². The zero-order valence-corrected chi connectivity index (χ0v) is 30.3. The van der Waals surface area contributed by atoms with Crippen LogP contribution in [0.15, 0.2) is 121 Å². The summed E-state index contributed by atoms with van der Waals surface area (Å²) < 4.78 is 0. The average Bonchev–Trinajstić information content (AvgIpc) is 3.99. The summed E-state index contributed by atoms with van der Waals surface area (Å²) in [6, 6.07) is 39.8. The number of aromatic amines is 2. The van der Waals surface area contributed by atoms with Crippen molar-refractivity contribution in [3.63, 3.8) is 0 Å². The van der Waals surface area contributed by atoms with Gasteiger partial charge >= 0.3 is 0 Å². The Morgan fingerprint density at radius 1 is 0.288 bits per heavy atom. The maximum atomic E-state index is 6.37. The average molecular weight is 753 g/mol. The highest BCUT2D eigenvalue weighted by molar-refractivity contribution is 6.31. The zero-order chi connectivity index (χ0) is 35.3. The van der Waals surface area contributed by atoms with E-state index in [0.717, 1.165) is 89.4 Å². The summed E-state index contributed by atoms with van der Waals surface area (Å²) in [7, 11) is 0. The van der Waals surface area contributed by atoms with Gasteiger partial charge in [0.1, 0.15) is 0 Å². The van der Waals surface area contributed by atoms with E-state index in [1.807, 2.05) is 97.1 Å². The molecule has 4 nitrogen and oxygen atoms in total. The fourth-order valence-corrected chi connectivity index (χ4v) is 7.39. The molecule has 0 amide bonds. The lowest BCUT2D eigenvalue weighted by molar-refractivity contribution is 1.28. The van der Waals surface area contributed by atoms with Gasteiger partial charge in [0.2, 0.25) is 0 Å². The highest BCUT2D eigenvalue weighted by atomic mass is 35.5. The van der Waals surface area contributed by atoms with Crippen molar-refractivity contribution < 1.29 is 0 Å². The van der Waals surface area contributed by atoms with Gasteiger partial charge in [-0.1, -0.05) is 94.9 Å². The van der Waals surface area contributed by atoms with Crippen LogP contribution in [-0.2, 0) is 0 Å². The minimum Gasteiger partial charge on any atom is -0.354 e. The summed E-state index contributed by atoms with van der Waals surface area (Å²) in [5.41, 5.74) is 14.5. The van der Waals surface area contributed by atoms with E-state index < -0.39 is 0 Å². The van der Waals surface area contributed by atoms with Crippen LogP contribution in [0.1, 0.15) is 22.8 Å². The predicted molar refractivity (Wildman–Crippen MR) is 221 cm³/mol. The SMILES string of the molecule is Clc1ccc(-c2c3nc(c(-c4ccc(Cl)cc4)c4ccc([nH]4)c(-c4ccc(Cl)cc4)c4ccc([nH]4)c(-c4ccc(Cl)cc4)c4nc2C=C4)C=C3)cc1. The molecule has 8 bridgehead atoms. The predicted octanol–water partition coefficient (Wildman–Crippen LogP) is 13.9. The van der Waals surface area contributed by atoms with E-state index in [4.69, 9.17) is 56.4 Å². The Morgan fingerprint density at radius 2 is 0.538 bits per heavy atom. The van der Waals surface area contributed by atoms with Crippen LogP contribution < -0.4 is 0 Å². The molecule has 0 aliphatic carbocycles. The van der Waals surface area contributed by atoms with E-state index in [9.17, 15) is 0 Å². The molecule has 0 unspecified atom stereocenters. The van der Waals surface area contributed by atoms with Crippen molar-refractivity contribution in [2.75, 3.05) is 0 Å². The van der Waals surface area contributed by atoms with Gasteiger partial charge < -0.3 is 9.97 Å². The molecular formula is C44H26Cl4N4. The Labute approximate surface area is 319 Å². The van der Waals surface area contributed by atoms with Crippen LogP contribution in [0.25, 0.3) is 90.9 Å². The number of nitrogens with one attached hydrogen (secondary N) is 2. The highest BCUT2D eigenvalue weighted by Crippen LogP contribution is 2.39. The topological polar surface area (TPSA) is 57.4 Å². The highest BCUT2D eigenvalue weighted by Gasteiger charge is 2.19. The second-order valence-corrected chi connectivity index (χ2v) is 14.3. The smallest absolute Gasteiger partial charge is 0.0738 e. The summed E-state index contributed by atoms with van der Waals surface area (Å²) in [6.45, 7) is 0. The minimum atomic E-state index is 0.654. The molecule has 250 valence electrons. The van der Waals surface area contributed by atoms with E-state index >= 15 is 0 Å². The second-order valence-electron chi connectivity index (χ2n) is 12.5. The van der Waals surface area contributed by atoms with E-state index in [1.165, 1.54) is 0 Å². The number of nitrogens with zero attached hydrogens (tertiary/aromatic N) is 2. The number of rotatable bonds is 4. The van der Waals surface area contributed by atoms with Crippen LogP contribution in [0.3, 0.4) is 0 Å². The molecule has 2 aliphatic heterocycles. The molecule has 0 radical (unpaired) electrons. The molecule has 2 N–H and O–H groups in total. The molecule has 0 spiro atoms. The van der Waals surface area contributed by atoms with Gasteiger partial charge in [0.15, 0.2) is 0 Å². The maximum Gasteiger partial charge on any atom is 0.0738 e. The van der Waals surface area contributed by atoms with Gasteiger partial charge in [-0.2, -0.15) is 0 Å². The third kappa shape index (κ3) is 6.04. The van der Waals surface area contributed by atoms with Crippen molar-refractivity contribution in [1.29, 1.82) is 0 Å². The van der Waals surface area contributed by atoms with Crippen molar-refractivity contribution >= 4 is 92.8 Å².